The average Bonchev–Trinajstić information content (AvgIpc) is 3.06. The van der Waals surface area contributed by atoms with Crippen molar-refractivity contribution in [3.8, 4) is 0 Å². The molecular formula is C14H12N4O4S. The van der Waals surface area contributed by atoms with E-state index in [1.807, 2.05) is 0 Å². The topological polar surface area (TPSA) is 95.7 Å². The van der Waals surface area contributed by atoms with Gasteiger partial charge in [0.15, 0.2) is 0 Å². The van der Waals surface area contributed by atoms with Crippen molar-refractivity contribution >= 4 is 35.6 Å². The number of fused-ring (bicyclic) bond motifs is 2. The zero-order valence-corrected chi connectivity index (χ0v) is 12.9. The number of β-lactam (4-membered cyclic amide) rings is 1. The van der Waals surface area contributed by atoms with Crippen LogP contribution >= 0.6 is 11.8 Å². The Balaban J connectivity index is 1.59. The molecule has 1 saturated heterocycles. The zero-order valence-electron chi connectivity index (χ0n) is 12.1. The predicted molar refractivity (Wildman–Crippen MR) is 80.6 cm³/mol. The van der Waals surface area contributed by atoms with E-state index in [1.54, 1.807) is 28.8 Å². The summed E-state index contributed by atoms with van der Waals surface area (Å²) >= 11 is 1.29. The molecule has 4 rings (SSSR count). The van der Waals surface area contributed by atoms with Crippen molar-refractivity contribution < 1.29 is 19.5 Å². The third-order valence-corrected chi connectivity index (χ3v) is 5.13. The first-order chi connectivity index (χ1) is 11.0. The molecule has 9 heteroatoms. The number of aromatic nitrogens is 2. The third-order valence-electron chi connectivity index (χ3n) is 4.04. The minimum absolute atomic E-state index is 0.0125. The molecule has 1 aromatic rings. The van der Waals surface area contributed by atoms with Gasteiger partial charge in [-0.25, -0.2) is 9.78 Å². The number of aliphatic carboxylic acids is 1. The van der Waals surface area contributed by atoms with Crippen molar-refractivity contribution in [2.24, 2.45) is 0 Å². The van der Waals surface area contributed by atoms with Gasteiger partial charge < -0.3 is 14.6 Å². The monoisotopic (exact) mass is 332 g/mol. The highest BCUT2D eigenvalue weighted by atomic mass is 32.2. The Kier molecular flexibility index (Phi) is 2.89. The van der Waals surface area contributed by atoms with Crippen molar-refractivity contribution in [3.05, 3.63) is 34.4 Å². The van der Waals surface area contributed by atoms with Gasteiger partial charge in [-0.15, -0.1) is 11.8 Å². The quantitative estimate of drug-likeness (QED) is 0.609. The van der Waals surface area contributed by atoms with Gasteiger partial charge in [-0.1, -0.05) is 0 Å². The van der Waals surface area contributed by atoms with Crippen molar-refractivity contribution in [1.82, 2.24) is 19.4 Å². The molecule has 3 aliphatic heterocycles. The first kappa shape index (κ1) is 14.1. The maximum Gasteiger partial charge on any atom is 0.353 e. The number of hydrogen-bond donors (Lipinski definition) is 1. The van der Waals surface area contributed by atoms with E-state index < -0.39 is 5.97 Å². The smallest absolute Gasteiger partial charge is 0.353 e. The van der Waals surface area contributed by atoms with Crippen LogP contribution in [0.4, 0.5) is 0 Å². The van der Waals surface area contributed by atoms with Crippen LogP contribution in [0.15, 0.2) is 22.9 Å². The lowest BCUT2D eigenvalue weighted by molar-refractivity contribution is -0.141. The average molecular weight is 332 g/mol. The summed E-state index contributed by atoms with van der Waals surface area (Å²) < 4.78 is 1.78. The molecule has 8 nitrogen and oxygen atoms in total. The first-order valence-corrected chi connectivity index (χ1v) is 7.84. The van der Waals surface area contributed by atoms with E-state index in [0.717, 1.165) is 5.82 Å². The van der Waals surface area contributed by atoms with Gasteiger partial charge in [-0.2, -0.15) is 0 Å². The third kappa shape index (κ3) is 2.00. The molecule has 0 spiro atoms. The second-order valence-electron chi connectivity index (χ2n) is 5.53. The van der Waals surface area contributed by atoms with Gasteiger partial charge in [0.1, 0.15) is 23.4 Å². The van der Waals surface area contributed by atoms with Crippen molar-refractivity contribution in [1.29, 1.82) is 0 Å². The van der Waals surface area contributed by atoms with Crippen LogP contribution in [-0.2, 0) is 27.5 Å². The number of nitrogens with zero attached hydrogens (tertiary/aromatic N) is 4. The summed E-state index contributed by atoms with van der Waals surface area (Å²) in [4.78, 5) is 42.2. The first-order valence-electron chi connectivity index (χ1n) is 6.90. The summed E-state index contributed by atoms with van der Waals surface area (Å²) in [6, 6.07) is 0. The van der Waals surface area contributed by atoms with Crippen LogP contribution in [0.3, 0.4) is 0 Å². The van der Waals surface area contributed by atoms with Gasteiger partial charge in [-0.05, 0) is 6.08 Å². The maximum absolute atomic E-state index is 12.2. The molecule has 0 aliphatic carbocycles. The number of carbonyl (C=O) groups excluding carboxylic acids is 2. The minimum atomic E-state index is -1.11. The van der Waals surface area contributed by atoms with Gasteiger partial charge in [0, 0.05) is 18.7 Å². The van der Waals surface area contributed by atoms with E-state index in [4.69, 9.17) is 5.11 Å². The molecule has 0 bridgehead atoms. The number of carboxylic acid groups (broad SMARTS) is 1. The molecule has 1 atom stereocenters. The number of likely N-dealkylation sites (N-methyl/N-ethyl adjacent to an activating group) is 1. The lowest BCUT2D eigenvalue weighted by atomic mass is 10.0. The highest BCUT2D eigenvalue weighted by Crippen LogP contribution is 2.45. The predicted octanol–water partition coefficient (Wildman–Crippen LogP) is 0.0796. The fraction of sp³-hybridized carbons (Fsp3) is 0.286. The molecule has 1 aromatic heterocycles. The van der Waals surface area contributed by atoms with Crippen LogP contribution < -0.4 is 0 Å². The lowest BCUT2D eigenvalue weighted by Crippen LogP contribution is -2.51. The minimum Gasteiger partial charge on any atom is -0.477 e. The van der Waals surface area contributed by atoms with Gasteiger partial charge >= 0.3 is 5.97 Å². The van der Waals surface area contributed by atoms with Crippen molar-refractivity contribution in [3.63, 3.8) is 0 Å². The van der Waals surface area contributed by atoms with E-state index >= 15 is 0 Å². The molecule has 0 radical (unpaired) electrons. The fourth-order valence-corrected chi connectivity index (χ4v) is 3.92. The Morgan fingerprint density at radius 2 is 2.22 bits per heavy atom. The highest BCUT2D eigenvalue weighted by molar-refractivity contribution is 8.03. The highest BCUT2D eigenvalue weighted by Gasteiger charge is 2.49. The molecule has 0 aromatic carbocycles. The molecule has 2 amide bonds. The van der Waals surface area contributed by atoms with Crippen LogP contribution in [-0.4, -0.2) is 54.7 Å². The number of imidazole rings is 1. The Hall–Kier alpha value is -2.55. The van der Waals surface area contributed by atoms with E-state index in [9.17, 15) is 14.4 Å². The van der Waals surface area contributed by atoms with Gasteiger partial charge in [0.2, 0.25) is 5.91 Å². The molecule has 118 valence electrons. The molecule has 1 fully saturated rings. The molecular weight excluding hydrogens is 320 g/mol. The molecule has 1 N–H and O–H groups in total. The van der Waals surface area contributed by atoms with E-state index in [1.165, 1.54) is 22.1 Å². The van der Waals surface area contributed by atoms with Crippen molar-refractivity contribution in [2.45, 2.75) is 18.5 Å². The summed E-state index contributed by atoms with van der Waals surface area (Å²) in [5.41, 5.74) is 1.15. The van der Waals surface area contributed by atoms with Crippen molar-refractivity contribution in [2.75, 3.05) is 7.05 Å². The number of carbonyl (C=O) groups is 3. The van der Waals surface area contributed by atoms with Crippen LogP contribution in [0.25, 0.3) is 6.08 Å². The molecule has 4 heterocycles. The molecule has 3 aliphatic rings. The Morgan fingerprint density at radius 1 is 1.43 bits per heavy atom. The van der Waals surface area contributed by atoms with E-state index in [-0.39, 0.29) is 29.4 Å². The fourth-order valence-electron chi connectivity index (χ4n) is 2.80. The SMILES string of the molecule is CN1Cc2nc(C=C3C(=O)N4C(C(=O)O)=CSC34)cn2CC1=O. The van der Waals surface area contributed by atoms with E-state index in [2.05, 4.69) is 4.98 Å². The summed E-state index contributed by atoms with van der Waals surface area (Å²) in [7, 11) is 1.72. The van der Waals surface area contributed by atoms with Crippen LogP contribution in [0.5, 0.6) is 0 Å². The summed E-state index contributed by atoms with van der Waals surface area (Å²) in [5, 5.41) is 10.2. The number of carboxylic acids is 1. The summed E-state index contributed by atoms with van der Waals surface area (Å²) in [6.45, 7) is 0.677. The molecule has 23 heavy (non-hydrogen) atoms. The Labute approximate surface area is 135 Å². The largest absolute Gasteiger partial charge is 0.477 e. The second kappa shape index (κ2) is 4.72. The summed E-state index contributed by atoms with van der Waals surface area (Å²) in [6.07, 6.45) is 3.42. The second-order valence-corrected chi connectivity index (χ2v) is 6.49. The number of hydrogen-bond acceptors (Lipinski definition) is 5. The standard InChI is InChI=1S/C14H12N4O4S/c1-16-4-10-15-7(3-17(10)5-11(16)19)2-8-12(20)18-9(14(21)22)6-23-13(8)18/h2-3,6,13H,4-5H2,1H3,(H,21,22). The van der Waals surface area contributed by atoms with Crippen LogP contribution in [0, 0.1) is 0 Å². The maximum atomic E-state index is 12.2. The van der Waals surface area contributed by atoms with Crippen LogP contribution in [0.1, 0.15) is 11.5 Å². The van der Waals surface area contributed by atoms with Crippen LogP contribution in [0.2, 0.25) is 0 Å². The molecule has 0 saturated carbocycles. The normalized spacial score (nSPS) is 24.5. The summed E-state index contributed by atoms with van der Waals surface area (Å²) in [5.74, 6) is -0.633. The van der Waals surface area contributed by atoms with Gasteiger partial charge in [0.05, 0.1) is 17.8 Å². The number of amides is 2. The zero-order chi connectivity index (χ0) is 16.3. The number of rotatable bonds is 2. The van der Waals surface area contributed by atoms with Gasteiger partial charge in [-0.3, -0.25) is 14.5 Å². The Bertz CT molecular complexity index is 825. The Morgan fingerprint density at radius 3 is 2.96 bits per heavy atom. The molecule has 1 unspecified atom stereocenters. The number of thioether (sulfide) groups is 1. The van der Waals surface area contributed by atoms with Gasteiger partial charge in [0.25, 0.3) is 5.91 Å². The van der Waals surface area contributed by atoms with E-state index in [0.29, 0.717) is 17.8 Å². The lowest BCUT2D eigenvalue weighted by Gasteiger charge is -2.36.